The maximum atomic E-state index is 12.4. The summed E-state index contributed by atoms with van der Waals surface area (Å²) in [5.74, 6) is -0.405. The number of morpholine rings is 1. The van der Waals surface area contributed by atoms with Crippen molar-refractivity contribution in [1.29, 1.82) is 0 Å². The van der Waals surface area contributed by atoms with Crippen LogP contribution in [0.1, 0.15) is 28.9 Å². The Morgan fingerprint density at radius 2 is 1.79 bits per heavy atom. The first kappa shape index (κ1) is 19.7. The Morgan fingerprint density at radius 3 is 2.39 bits per heavy atom. The minimum atomic E-state index is -0.500. The molecule has 1 saturated heterocycles. The van der Waals surface area contributed by atoms with Crippen LogP contribution in [-0.4, -0.2) is 42.8 Å². The summed E-state index contributed by atoms with van der Waals surface area (Å²) >= 11 is 0. The van der Waals surface area contributed by atoms with E-state index in [1.165, 1.54) is 29.2 Å². The molecular weight excluding hydrogens is 360 g/mol. The summed E-state index contributed by atoms with van der Waals surface area (Å²) in [4.78, 5) is 23.9. The molecule has 0 radical (unpaired) electrons. The van der Waals surface area contributed by atoms with E-state index >= 15 is 0 Å². The Morgan fingerprint density at radius 1 is 1.14 bits per heavy atom. The molecule has 146 valence electrons. The molecule has 8 nitrogen and oxygen atoms in total. The summed E-state index contributed by atoms with van der Waals surface area (Å²) in [6.45, 7) is 5.02. The highest BCUT2D eigenvalue weighted by molar-refractivity contribution is 5.96. The number of benzene rings is 2. The Balaban J connectivity index is 1.76. The van der Waals surface area contributed by atoms with Crippen LogP contribution in [0.2, 0.25) is 0 Å². The zero-order chi connectivity index (χ0) is 19.9. The van der Waals surface area contributed by atoms with E-state index in [4.69, 9.17) is 4.74 Å². The molecule has 3 rings (SSSR count). The Labute approximate surface area is 163 Å². The molecule has 0 spiro atoms. The molecule has 2 aromatic rings. The molecule has 0 aromatic heterocycles. The minimum Gasteiger partial charge on any atom is -0.370 e. The number of hydrogen-bond acceptors (Lipinski definition) is 5. The van der Waals surface area contributed by atoms with Gasteiger partial charge in [-0.3, -0.25) is 14.9 Å². The first-order valence-corrected chi connectivity index (χ1v) is 9.12. The monoisotopic (exact) mass is 383 g/mol. The van der Waals surface area contributed by atoms with Crippen LogP contribution in [0.4, 0.5) is 5.69 Å². The topological polar surface area (TPSA) is 98.3 Å². The van der Waals surface area contributed by atoms with Crippen molar-refractivity contribution in [3.63, 3.8) is 0 Å². The van der Waals surface area contributed by atoms with Gasteiger partial charge in [-0.15, -0.1) is 0 Å². The van der Waals surface area contributed by atoms with Crippen molar-refractivity contribution in [2.45, 2.75) is 13.0 Å². The lowest BCUT2D eigenvalue weighted by molar-refractivity contribution is -0.928. The molecule has 1 aliphatic heterocycles. The van der Waals surface area contributed by atoms with Crippen LogP contribution in [0.25, 0.3) is 0 Å². The van der Waals surface area contributed by atoms with Crippen molar-refractivity contribution in [3.8, 4) is 0 Å². The smallest absolute Gasteiger partial charge is 0.271 e. The first-order chi connectivity index (χ1) is 13.6. The molecule has 2 N–H and O–H groups in total. The number of carbonyl (C=O) groups excluding carboxylic acids is 1. The lowest BCUT2D eigenvalue weighted by Gasteiger charge is -2.31. The van der Waals surface area contributed by atoms with Gasteiger partial charge in [-0.25, -0.2) is 5.43 Å². The van der Waals surface area contributed by atoms with Crippen molar-refractivity contribution in [3.05, 3.63) is 75.8 Å². The summed E-state index contributed by atoms with van der Waals surface area (Å²) in [5, 5.41) is 15.1. The molecule has 0 bridgehead atoms. The van der Waals surface area contributed by atoms with Crippen LogP contribution in [0.3, 0.4) is 0 Å². The third kappa shape index (κ3) is 4.79. The normalized spacial score (nSPS) is 16.4. The van der Waals surface area contributed by atoms with Crippen LogP contribution in [0.5, 0.6) is 0 Å². The zero-order valence-electron chi connectivity index (χ0n) is 15.6. The van der Waals surface area contributed by atoms with Gasteiger partial charge in [-0.2, -0.15) is 5.10 Å². The van der Waals surface area contributed by atoms with Crippen molar-refractivity contribution >= 4 is 17.3 Å². The molecule has 0 aliphatic carbocycles. The standard InChI is InChI=1S/C20H22N4O4/c1-15(21-22-20(25)17-7-9-18(10-8-17)24(26)27)19(16-5-3-2-4-6-16)23-11-13-28-14-12-23/h2-10,19H,11-14H2,1H3,(H,22,25)/p+1/b21-15-/t19-/m0/s1. The molecule has 0 saturated carbocycles. The average Bonchev–Trinajstić information content (AvgIpc) is 2.74. The largest absolute Gasteiger partial charge is 0.370 e. The van der Waals surface area contributed by atoms with Crippen LogP contribution in [0, 0.1) is 10.1 Å². The fourth-order valence-electron chi connectivity index (χ4n) is 3.34. The van der Waals surface area contributed by atoms with Crippen molar-refractivity contribution in [2.75, 3.05) is 26.3 Å². The van der Waals surface area contributed by atoms with E-state index in [-0.39, 0.29) is 11.7 Å². The van der Waals surface area contributed by atoms with Crippen molar-refractivity contribution in [2.24, 2.45) is 5.10 Å². The van der Waals surface area contributed by atoms with Gasteiger partial charge in [0, 0.05) is 23.3 Å². The third-order valence-electron chi connectivity index (χ3n) is 4.77. The van der Waals surface area contributed by atoms with E-state index in [0.29, 0.717) is 18.8 Å². The van der Waals surface area contributed by atoms with Gasteiger partial charge in [-0.05, 0) is 19.1 Å². The molecule has 2 aromatic carbocycles. The van der Waals surface area contributed by atoms with Gasteiger partial charge in [0.05, 0.1) is 23.8 Å². The maximum Gasteiger partial charge on any atom is 0.271 e. The van der Waals surface area contributed by atoms with Crippen molar-refractivity contribution < 1.29 is 19.4 Å². The van der Waals surface area contributed by atoms with Crippen molar-refractivity contribution in [1.82, 2.24) is 5.43 Å². The van der Waals surface area contributed by atoms with Crippen LogP contribution >= 0.6 is 0 Å². The maximum absolute atomic E-state index is 12.4. The van der Waals surface area contributed by atoms with Gasteiger partial charge < -0.3 is 9.64 Å². The lowest BCUT2D eigenvalue weighted by Crippen LogP contribution is -3.15. The number of hydrogen-bond donors (Lipinski definition) is 2. The second-order valence-electron chi connectivity index (χ2n) is 6.61. The number of nitrogens with one attached hydrogen (secondary N) is 2. The second kappa shape index (κ2) is 9.20. The van der Waals surface area contributed by atoms with E-state index in [2.05, 4.69) is 22.7 Å². The van der Waals surface area contributed by atoms with E-state index in [1.54, 1.807) is 0 Å². The quantitative estimate of drug-likeness (QED) is 0.447. The second-order valence-corrected chi connectivity index (χ2v) is 6.61. The van der Waals surface area contributed by atoms with Crippen LogP contribution in [0.15, 0.2) is 59.7 Å². The fourth-order valence-corrected chi connectivity index (χ4v) is 3.34. The molecule has 1 atom stereocenters. The number of carbonyl (C=O) groups is 1. The molecule has 1 amide bonds. The van der Waals surface area contributed by atoms with E-state index in [9.17, 15) is 14.9 Å². The number of non-ortho nitro benzene ring substituents is 1. The van der Waals surface area contributed by atoms with Gasteiger partial charge >= 0.3 is 0 Å². The number of amides is 1. The zero-order valence-corrected chi connectivity index (χ0v) is 15.6. The van der Waals surface area contributed by atoms with Gasteiger partial charge in [-0.1, -0.05) is 30.3 Å². The molecule has 28 heavy (non-hydrogen) atoms. The van der Waals surface area contributed by atoms with E-state index in [1.807, 2.05) is 25.1 Å². The SMILES string of the molecule is C/C(=N/NC(=O)c1ccc([N+](=O)[O-])cc1)[C@@H](c1ccccc1)[NH+]1CCOCC1. The number of nitro groups is 1. The Hall–Kier alpha value is -3.10. The molecule has 1 fully saturated rings. The molecule has 8 heteroatoms. The number of rotatable bonds is 6. The highest BCUT2D eigenvalue weighted by Crippen LogP contribution is 2.13. The average molecular weight is 383 g/mol. The highest BCUT2D eigenvalue weighted by atomic mass is 16.6. The number of hydrazone groups is 1. The summed E-state index contributed by atoms with van der Waals surface area (Å²) in [5.41, 5.74) is 4.75. The van der Waals surface area contributed by atoms with Gasteiger partial charge in [0.2, 0.25) is 0 Å². The fraction of sp³-hybridized carbons (Fsp3) is 0.300. The third-order valence-corrected chi connectivity index (χ3v) is 4.77. The van der Waals surface area contributed by atoms with Crippen LogP contribution < -0.4 is 10.3 Å². The summed E-state index contributed by atoms with van der Waals surface area (Å²) in [6.07, 6.45) is 0. The van der Waals surface area contributed by atoms with Gasteiger partial charge in [0.25, 0.3) is 11.6 Å². The predicted octanol–water partition coefficient (Wildman–Crippen LogP) is 1.36. The molecule has 0 unspecified atom stereocenters. The summed E-state index contributed by atoms with van der Waals surface area (Å²) in [7, 11) is 0. The van der Waals surface area contributed by atoms with Crippen LogP contribution in [-0.2, 0) is 4.74 Å². The summed E-state index contributed by atoms with van der Waals surface area (Å²) < 4.78 is 5.47. The number of nitro benzene ring substituents is 1. The van der Waals surface area contributed by atoms with E-state index < -0.39 is 10.8 Å². The minimum absolute atomic E-state index is 0.0160. The first-order valence-electron chi connectivity index (χ1n) is 9.12. The van der Waals surface area contributed by atoms with Gasteiger partial charge in [0.1, 0.15) is 13.1 Å². The van der Waals surface area contributed by atoms with Gasteiger partial charge in [0.15, 0.2) is 6.04 Å². The number of ether oxygens (including phenoxy) is 1. The lowest BCUT2D eigenvalue weighted by atomic mass is 10.0. The van der Waals surface area contributed by atoms with E-state index in [0.717, 1.165) is 24.4 Å². The Bertz CT molecular complexity index is 846. The summed E-state index contributed by atoms with van der Waals surface area (Å²) in [6, 6.07) is 15.5. The predicted molar refractivity (Wildman–Crippen MR) is 104 cm³/mol. The number of quaternary nitrogens is 1. The molecular formula is C20H23N4O4+. The number of nitrogens with zero attached hydrogens (tertiary/aromatic N) is 2. The Kier molecular flexibility index (Phi) is 6.46. The highest BCUT2D eigenvalue weighted by Gasteiger charge is 2.29. The molecule has 1 heterocycles. The molecule has 1 aliphatic rings.